The molecule has 0 aromatic heterocycles. The second kappa shape index (κ2) is 35.2. The number of ketones is 1. The van der Waals surface area contributed by atoms with Crippen LogP contribution in [0.2, 0.25) is 0 Å². The molecule has 0 spiro atoms. The Labute approximate surface area is 369 Å². The van der Waals surface area contributed by atoms with E-state index in [0.717, 1.165) is 107 Å². The van der Waals surface area contributed by atoms with Crippen LogP contribution < -0.4 is 22.5 Å². The van der Waals surface area contributed by atoms with Gasteiger partial charge in [-0.05, 0) is 87.1 Å². The molecule has 5 fully saturated rings. The Hall–Kier alpha value is -4.22. The molecular weight excluding hydrogens is 874 g/mol. The Morgan fingerprint density at radius 2 is 1.10 bits per heavy atom. The third kappa shape index (κ3) is 29.7. The number of oxime groups is 1. The van der Waals surface area contributed by atoms with Gasteiger partial charge in [-0.1, -0.05) is 5.16 Å². The molecule has 23 heteroatoms. The molecule has 360 valence electrons. The van der Waals surface area contributed by atoms with Gasteiger partial charge in [0, 0.05) is 83.1 Å². The monoisotopic (exact) mass is 934 g/mol. The van der Waals surface area contributed by atoms with E-state index in [4.69, 9.17) is 34.6 Å². The molecule has 0 aliphatic carbocycles. The Morgan fingerprint density at radius 1 is 0.683 bits per heavy atom. The van der Waals surface area contributed by atoms with Crippen molar-refractivity contribution in [2.45, 2.75) is 88.6 Å². The van der Waals surface area contributed by atoms with Gasteiger partial charge in [0.05, 0.1) is 49.0 Å². The number of carbonyl (C=O) groups is 2. The molecule has 2 aromatic carbocycles. The topological polar surface area (TPSA) is 259 Å². The Kier molecular flexibility index (Phi) is 34.0. The largest absolute Gasteiger partial charge is 0.416 e. The van der Waals surface area contributed by atoms with E-state index in [0.29, 0.717) is 70.0 Å². The highest BCUT2D eigenvalue weighted by atomic mass is 35.5. The van der Waals surface area contributed by atoms with Gasteiger partial charge < -0.3 is 56.9 Å². The standard InChI is InChI=1S/C13H15F3N2O2.C8H4F3NO.C5H9NO2.C5H11NO.C5H8O2.C4H8O.ClH.H3N.H2O/c14-13(15,16)9-1-3-10(4-2-9)17-12(19)18-11-5-7-20-8-6-11;9-8(10,11)6-1-3-7(4-2-6)12-5-13;7-6-5-1-3-8-4-2-5;2*6-5-1-3-7-4-2-5;1-2-4-5-3-1;;;/h1-4,11H,5-8H2,(H2,17,18,19);1-4H;7H,1-4H2;5H,1-4,6H2;1-4H2;1-4H2;1H;1H3;1H2. The molecule has 10 N–H and O–H groups in total. The molecular formula is C40H61ClF6N6O10. The van der Waals surface area contributed by atoms with Crippen molar-refractivity contribution in [1.82, 2.24) is 11.5 Å². The Balaban J connectivity index is 0. The summed E-state index contributed by atoms with van der Waals surface area (Å²) in [6, 6.07) is 8.28. The first kappa shape index (κ1) is 60.9. The number of nitrogens with one attached hydrogen (secondary N) is 2. The van der Waals surface area contributed by atoms with Crippen molar-refractivity contribution in [1.29, 1.82) is 0 Å². The Morgan fingerprint density at radius 3 is 1.43 bits per heavy atom. The molecule has 63 heavy (non-hydrogen) atoms. The highest BCUT2D eigenvalue weighted by Gasteiger charge is 2.30. The molecule has 5 aliphatic rings. The molecule has 5 heterocycles. The quantitative estimate of drug-likeness (QED) is 0.0668. The van der Waals surface area contributed by atoms with E-state index in [1.165, 1.54) is 31.1 Å². The van der Waals surface area contributed by atoms with Gasteiger partial charge in [0.25, 0.3) is 0 Å². The number of benzene rings is 2. The molecule has 5 aliphatic heterocycles. The average molecular weight is 935 g/mol. The number of aliphatic imine (C=N–C) groups is 1. The third-order valence-electron chi connectivity index (χ3n) is 8.75. The second-order valence-electron chi connectivity index (χ2n) is 13.5. The minimum Gasteiger partial charge on any atom is -0.412 e. The molecule has 0 unspecified atom stereocenters. The van der Waals surface area contributed by atoms with Gasteiger partial charge in [-0.3, -0.25) is 4.79 Å². The Bertz CT molecular complexity index is 1550. The number of halogens is 7. The third-order valence-corrected chi connectivity index (χ3v) is 8.75. The maximum atomic E-state index is 12.4. The number of Topliss-reactive ketones (excluding diaryl/α,β-unsaturated/α-hetero) is 1. The summed E-state index contributed by atoms with van der Waals surface area (Å²) in [6.45, 7) is 7.62. The summed E-state index contributed by atoms with van der Waals surface area (Å²) in [5.74, 6) is 0.339. The van der Waals surface area contributed by atoms with E-state index >= 15 is 0 Å². The van der Waals surface area contributed by atoms with Crippen molar-refractivity contribution >= 4 is 47.4 Å². The van der Waals surface area contributed by atoms with Crippen LogP contribution in [-0.2, 0) is 45.6 Å². The van der Waals surface area contributed by atoms with Crippen LogP contribution in [0.4, 0.5) is 42.5 Å². The van der Waals surface area contributed by atoms with Gasteiger partial charge in [0.2, 0.25) is 6.08 Å². The summed E-state index contributed by atoms with van der Waals surface area (Å²) in [5, 5.41) is 16.6. The summed E-state index contributed by atoms with van der Waals surface area (Å²) < 4.78 is 98.2. The van der Waals surface area contributed by atoms with E-state index in [-0.39, 0.29) is 35.8 Å². The lowest BCUT2D eigenvalue weighted by Crippen LogP contribution is -2.41. The number of nitrogens with two attached hydrogens (primary N) is 1. The zero-order valence-corrected chi connectivity index (χ0v) is 35.8. The predicted molar refractivity (Wildman–Crippen MR) is 225 cm³/mol. The van der Waals surface area contributed by atoms with Gasteiger partial charge in [-0.15, -0.1) is 12.4 Å². The van der Waals surface area contributed by atoms with Crippen LogP contribution in [0.3, 0.4) is 0 Å². The van der Waals surface area contributed by atoms with E-state index in [1.54, 1.807) is 0 Å². The first-order valence-electron chi connectivity index (χ1n) is 19.6. The van der Waals surface area contributed by atoms with Gasteiger partial charge in [0.15, 0.2) is 0 Å². The number of anilines is 1. The van der Waals surface area contributed by atoms with Crippen molar-refractivity contribution in [3.05, 3.63) is 59.7 Å². The highest BCUT2D eigenvalue weighted by Crippen LogP contribution is 2.31. The maximum absolute atomic E-state index is 12.4. The first-order chi connectivity index (χ1) is 28.7. The average Bonchev–Trinajstić information content (AvgIpc) is 3.84. The van der Waals surface area contributed by atoms with Crippen molar-refractivity contribution in [3.63, 3.8) is 0 Å². The van der Waals surface area contributed by atoms with Crippen molar-refractivity contribution in [2.75, 3.05) is 71.4 Å². The number of amides is 2. The highest BCUT2D eigenvalue weighted by molar-refractivity contribution is 5.89. The first-order valence-corrected chi connectivity index (χ1v) is 19.6. The van der Waals surface area contributed by atoms with Crippen LogP contribution >= 0.6 is 12.4 Å². The number of alkyl halides is 6. The minimum absolute atomic E-state index is 0. The van der Waals surface area contributed by atoms with E-state index in [9.17, 15) is 40.7 Å². The van der Waals surface area contributed by atoms with Gasteiger partial charge >= 0.3 is 18.4 Å². The summed E-state index contributed by atoms with van der Waals surface area (Å²) in [7, 11) is 0. The summed E-state index contributed by atoms with van der Waals surface area (Å²) in [6.07, 6.45) is 1.44. The van der Waals surface area contributed by atoms with Crippen molar-refractivity contribution in [3.8, 4) is 0 Å². The lowest BCUT2D eigenvalue weighted by atomic mass is 10.1. The molecule has 0 saturated carbocycles. The molecule has 2 amide bonds. The molecule has 16 nitrogen and oxygen atoms in total. The maximum Gasteiger partial charge on any atom is 0.416 e. The normalized spacial score (nSPS) is 17.4. The lowest BCUT2D eigenvalue weighted by molar-refractivity contribution is -0.138. The SMILES string of the molecule is C1CCOC1.Cl.N.NC1CCOCC1.O.O=C(Nc1ccc(C(F)(F)F)cc1)NC1CCOCC1.O=C1CCOCC1.O=C=Nc1ccc(C(F)(F)F)cc1.ON=C1CCOCC1. The molecule has 0 bridgehead atoms. The minimum atomic E-state index is -4.37. The smallest absolute Gasteiger partial charge is 0.412 e. The van der Waals surface area contributed by atoms with Gasteiger partial charge in [-0.25, -0.2) is 9.59 Å². The fraction of sp³-hybridized carbons (Fsp3) is 0.600. The zero-order chi connectivity index (χ0) is 44.1. The number of rotatable bonds is 3. The number of ether oxygens (including phenoxy) is 5. The van der Waals surface area contributed by atoms with Crippen LogP contribution in [-0.4, -0.2) is 112 Å². The summed E-state index contributed by atoms with van der Waals surface area (Å²) in [5.41, 5.74) is 5.38. The van der Waals surface area contributed by atoms with E-state index in [1.807, 2.05) is 0 Å². The van der Waals surface area contributed by atoms with Crippen LogP contribution in [0.15, 0.2) is 58.7 Å². The van der Waals surface area contributed by atoms with E-state index < -0.39 is 29.5 Å². The molecule has 5 saturated heterocycles. The van der Waals surface area contributed by atoms with Crippen molar-refractivity contribution in [2.24, 2.45) is 15.9 Å². The van der Waals surface area contributed by atoms with Gasteiger partial charge in [0.1, 0.15) is 5.78 Å². The zero-order valence-electron chi connectivity index (χ0n) is 35.0. The fourth-order valence-electron chi connectivity index (χ4n) is 5.25. The fourth-order valence-corrected chi connectivity index (χ4v) is 5.25. The number of hydrogen-bond acceptors (Lipinski definition) is 13. The van der Waals surface area contributed by atoms with Crippen LogP contribution in [0.25, 0.3) is 0 Å². The van der Waals surface area contributed by atoms with Gasteiger partial charge in [-0.2, -0.15) is 31.3 Å². The van der Waals surface area contributed by atoms with Crippen LogP contribution in [0, 0.1) is 0 Å². The lowest BCUT2D eigenvalue weighted by Gasteiger charge is -2.23. The molecule has 7 rings (SSSR count). The number of carbonyl (C=O) groups excluding carboxylic acids is 3. The summed E-state index contributed by atoms with van der Waals surface area (Å²) in [4.78, 5) is 35.0. The second-order valence-corrected chi connectivity index (χ2v) is 13.5. The van der Waals surface area contributed by atoms with Crippen LogP contribution in [0.1, 0.15) is 75.3 Å². The number of nitrogens with zero attached hydrogens (tertiary/aromatic N) is 2. The predicted octanol–water partition coefficient (Wildman–Crippen LogP) is 7.35. The number of isocyanates is 1. The molecule has 0 radical (unpaired) electrons. The van der Waals surface area contributed by atoms with Crippen LogP contribution in [0.5, 0.6) is 0 Å². The molecule has 2 aromatic rings. The van der Waals surface area contributed by atoms with E-state index in [2.05, 4.69) is 20.8 Å². The number of urea groups is 1. The molecule has 0 atom stereocenters. The summed E-state index contributed by atoms with van der Waals surface area (Å²) >= 11 is 0. The number of hydrogen-bond donors (Lipinski definition) is 5. The van der Waals surface area contributed by atoms with Crippen molar-refractivity contribution < 1.29 is 75.1 Å².